The fourth-order valence-corrected chi connectivity index (χ4v) is 2.54. The lowest BCUT2D eigenvalue weighted by Crippen LogP contribution is -2.44. The van der Waals surface area contributed by atoms with E-state index in [-0.39, 0.29) is 30.3 Å². The summed E-state index contributed by atoms with van der Waals surface area (Å²) in [4.78, 5) is 33.9. The number of hydrogen-bond donors (Lipinski definition) is 1. The molecule has 120 valence electrons. The van der Waals surface area contributed by atoms with Gasteiger partial charge in [0.1, 0.15) is 0 Å². The molecule has 1 aromatic heterocycles. The van der Waals surface area contributed by atoms with Crippen LogP contribution in [0.2, 0.25) is 0 Å². The van der Waals surface area contributed by atoms with Gasteiger partial charge in [0.25, 0.3) is 0 Å². The van der Waals surface area contributed by atoms with Crippen molar-refractivity contribution < 1.29 is 14.3 Å². The SMILES string of the molecule is COC(=O)CC(C)NC(=O)C1CCN(c2ncccn2)CC1. The molecule has 1 fully saturated rings. The number of hydrogen-bond acceptors (Lipinski definition) is 6. The van der Waals surface area contributed by atoms with E-state index < -0.39 is 0 Å². The zero-order valence-corrected chi connectivity index (χ0v) is 13.0. The number of esters is 1. The summed E-state index contributed by atoms with van der Waals surface area (Å²) < 4.78 is 4.60. The molecule has 0 radical (unpaired) electrons. The van der Waals surface area contributed by atoms with Gasteiger partial charge in [-0.05, 0) is 25.8 Å². The molecule has 1 aliphatic heterocycles. The smallest absolute Gasteiger partial charge is 0.307 e. The maximum atomic E-state index is 12.2. The van der Waals surface area contributed by atoms with Crippen molar-refractivity contribution in [2.75, 3.05) is 25.1 Å². The fourth-order valence-electron chi connectivity index (χ4n) is 2.54. The van der Waals surface area contributed by atoms with Crippen LogP contribution in [0.5, 0.6) is 0 Å². The summed E-state index contributed by atoms with van der Waals surface area (Å²) >= 11 is 0. The van der Waals surface area contributed by atoms with Gasteiger partial charge in [0.2, 0.25) is 11.9 Å². The summed E-state index contributed by atoms with van der Waals surface area (Å²) in [5, 5.41) is 2.88. The van der Waals surface area contributed by atoms with Crippen molar-refractivity contribution in [3.05, 3.63) is 18.5 Å². The molecule has 1 aliphatic rings. The van der Waals surface area contributed by atoms with Crippen molar-refractivity contribution in [2.24, 2.45) is 5.92 Å². The third-order valence-corrected chi connectivity index (χ3v) is 3.79. The molecule has 0 saturated carbocycles. The van der Waals surface area contributed by atoms with E-state index in [0.29, 0.717) is 5.95 Å². The minimum Gasteiger partial charge on any atom is -0.469 e. The second kappa shape index (κ2) is 7.72. The largest absolute Gasteiger partial charge is 0.469 e. The van der Waals surface area contributed by atoms with Crippen LogP contribution in [-0.4, -0.2) is 48.1 Å². The molecule has 0 aromatic carbocycles. The topological polar surface area (TPSA) is 84.4 Å². The number of nitrogens with zero attached hydrogens (tertiary/aromatic N) is 3. The third kappa shape index (κ3) is 4.41. The first-order valence-electron chi connectivity index (χ1n) is 7.49. The maximum Gasteiger partial charge on any atom is 0.307 e. The van der Waals surface area contributed by atoms with E-state index in [9.17, 15) is 9.59 Å². The van der Waals surface area contributed by atoms with Crippen molar-refractivity contribution in [1.82, 2.24) is 15.3 Å². The van der Waals surface area contributed by atoms with Crippen LogP contribution in [0.3, 0.4) is 0 Å². The Morgan fingerprint density at radius 2 is 2.00 bits per heavy atom. The van der Waals surface area contributed by atoms with Crippen LogP contribution < -0.4 is 10.2 Å². The Bertz CT molecular complexity index is 501. The molecule has 1 saturated heterocycles. The highest BCUT2D eigenvalue weighted by Gasteiger charge is 2.27. The lowest BCUT2D eigenvalue weighted by atomic mass is 9.95. The molecule has 0 spiro atoms. The summed E-state index contributed by atoms with van der Waals surface area (Å²) in [7, 11) is 1.35. The Balaban J connectivity index is 1.79. The average Bonchev–Trinajstić information content (AvgIpc) is 2.55. The molecular formula is C15H22N4O3. The van der Waals surface area contributed by atoms with Crippen molar-refractivity contribution in [3.63, 3.8) is 0 Å². The first-order chi connectivity index (χ1) is 10.6. The predicted octanol–water partition coefficient (Wildman–Crippen LogP) is 0.761. The molecular weight excluding hydrogens is 284 g/mol. The number of carbonyl (C=O) groups is 2. The molecule has 1 aromatic rings. The summed E-state index contributed by atoms with van der Waals surface area (Å²) in [5.74, 6) is 0.370. The molecule has 0 bridgehead atoms. The minimum absolute atomic E-state index is 0.00466. The highest BCUT2D eigenvalue weighted by molar-refractivity contribution is 5.80. The summed E-state index contributed by atoms with van der Waals surface area (Å²) in [6.45, 7) is 3.32. The monoisotopic (exact) mass is 306 g/mol. The van der Waals surface area contributed by atoms with Crippen LogP contribution in [0, 0.1) is 5.92 Å². The second-order valence-corrected chi connectivity index (χ2v) is 5.50. The maximum absolute atomic E-state index is 12.2. The Hall–Kier alpha value is -2.18. The summed E-state index contributed by atoms with van der Waals surface area (Å²) in [6.07, 6.45) is 5.15. The van der Waals surface area contributed by atoms with Gasteiger partial charge in [-0.2, -0.15) is 0 Å². The Morgan fingerprint density at radius 1 is 1.36 bits per heavy atom. The van der Waals surface area contributed by atoms with Gasteiger partial charge < -0.3 is 15.0 Å². The Labute approximate surface area is 130 Å². The molecule has 7 heteroatoms. The average molecular weight is 306 g/mol. The van der Waals surface area contributed by atoms with Crippen LogP contribution in [0.25, 0.3) is 0 Å². The van der Waals surface area contributed by atoms with E-state index in [1.807, 2.05) is 6.92 Å². The van der Waals surface area contributed by atoms with Crippen LogP contribution in [0.1, 0.15) is 26.2 Å². The number of aromatic nitrogens is 2. The molecule has 0 aliphatic carbocycles. The molecule has 1 amide bonds. The van der Waals surface area contributed by atoms with E-state index in [1.165, 1.54) is 7.11 Å². The Kier molecular flexibility index (Phi) is 5.68. The third-order valence-electron chi connectivity index (χ3n) is 3.79. The number of carbonyl (C=O) groups excluding carboxylic acids is 2. The van der Waals surface area contributed by atoms with E-state index >= 15 is 0 Å². The normalized spacial score (nSPS) is 16.9. The number of nitrogens with one attached hydrogen (secondary N) is 1. The molecule has 2 rings (SSSR count). The van der Waals surface area contributed by atoms with Gasteiger partial charge in [-0.1, -0.05) is 0 Å². The van der Waals surface area contributed by atoms with Crippen molar-refractivity contribution in [3.8, 4) is 0 Å². The molecule has 22 heavy (non-hydrogen) atoms. The number of ether oxygens (including phenoxy) is 1. The number of amides is 1. The number of methoxy groups -OCH3 is 1. The van der Waals surface area contributed by atoms with Crippen LogP contribution >= 0.6 is 0 Å². The quantitative estimate of drug-likeness (QED) is 0.809. The minimum atomic E-state index is -0.316. The van der Waals surface area contributed by atoms with Gasteiger partial charge in [-0.3, -0.25) is 9.59 Å². The van der Waals surface area contributed by atoms with Crippen LogP contribution in [0.15, 0.2) is 18.5 Å². The molecule has 7 nitrogen and oxygen atoms in total. The lowest BCUT2D eigenvalue weighted by Gasteiger charge is -2.31. The zero-order valence-electron chi connectivity index (χ0n) is 13.0. The van der Waals surface area contributed by atoms with Gasteiger partial charge in [0, 0.05) is 37.4 Å². The van der Waals surface area contributed by atoms with Crippen LogP contribution in [0.4, 0.5) is 5.95 Å². The zero-order chi connectivity index (χ0) is 15.9. The highest BCUT2D eigenvalue weighted by Crippen LogP contribution is 2.20. The summed E-state index contributed by atoms with van der Waals surface area (Å²) in [6, 6.07) is 1.57. The number of rotatable bonds is 5. The molecule has 2 heterocycles. The molecule has 1 unspecified atom stereocenters. The fraction of sp³-hybridized carbons (Fsp3) is 0.600. The van der Waals surface area contributed by atoms with E-state index in [2.05, 4.69) is 24.9 Å². The van der Waals surface area contributed by atoms with Crippen molar-refractivity contribution >= 4 is 17.8 Å². The van der Waals surface area contributed by atoms with Crippen molar-refractivity contribution in [1.29, 1.82) is 0 Å². The molecule has 1 atom stereocenters. The van der Waals surface area contributed by atoms with Gasteiger partial charge in [0.05, 0.1) is 13.5 Å². The Morgan fingerprint density at radius 3 is 2.59 bits per heavy atom. The lowest BCUT2D eigenvalue weighted by molar-refractivity contribution is -0.141. The van der Waals surface area contributed by atoms with Crippen molar-refractivity contribution in [2.45, 2.75) is 32.2 Å². The molecule has 1 N–H and O–H groups in total. The van der Waals surface area contributed by atoms with E-state index in [1.54, 1.807) is 18.5 Å². The van der Waals surface area contributed by atoms with E-state index in [4.69, 9.17) is 0 Å². The van der Waals surface area contributed by atoms with Gasteiger partial charge >= 0.3 is 5.97 Å². The first-order valence-corrected chi connectivity index (χ1v) is 7.49. The number of piperidine rings is 1. The van der Waals surface area contributed by atoms with Crippen LogP contribution in [-0.2, 0) is 14.3 Å². The van der Waals surface area contributed by atoms with Gasteiger partial charge in [0.15, 0.2) is 0 Å². The van der Waals surface area contributed by atoms with Gasteiger partial charge in [-0.25, -0.2) is 9.97 Å². The van der Waals surface area contributed by atoms with Gasteiger partial charge in [-0.15, -0.1) is 0 Å². The second-order valence-electron chi connectivity index (χ2n) is 5.50. The first kappa shape index (κ1) is 16.2. The predicted molar refractivity (Wildman–Crippen MR) is 81.2 cm³/mol. The van der Waals surface area contributed by atoms with E-state index in [0.717, 1.165) is 25.9 Å². The highest BCUT2D eigenvalue weighted by atomic mass is 16.5. The number of anilines is 1. The standard InChI is InChI=1S/C15H22N4O3/c1-11(10-13(20)22-2)18-14(21)12-4-8-19(9-5-12)15-16-6-3-7-17-15/h3,6-7,11-12H,4-5,8-10H2,1-2H3,(H,18,21). The summed E-state index contributed by atoms with van der Waals surface area (Å²) in [5.41, 5.74) is 0.